The van der Waals surface area contributed by atoms with Crippen molar-refractivity contribution in [1.29, 1.82) is 0 Å². The van der Waals surface area contributed by atoms with Crippen molar-refractivity contribution in [1.82, 2.24) is 0 Å². The van der Waals surface area contributed by atoms with Crippen LogP contribution in [-0.4, -0.2) is 12.8 Å². The molecule has 3 aromatic rings. The van der Waals surface area contributed by atoms with E-state index in [-0.39, 0.29) is 0 Å². The van der Waals surface area contributed by atoms with Gasteiger partial charge in [-0.25, -0.2) is 0 Å². The van der Waals surface area contributed by atoms with E-state index in [0.717, 1.165) is 6.61 Å². The minimum absolute atomic E-state index is 0.685. The zero-order valence-corrected chi connectivity index (χ0v) is 16.8. The summed E-state index contributed by atoms with van der Waals surface area (Å²) < 4.78 is 5.83. The van der Waals surface area contributed by atoms with Crippen LogP contribution in [0, 0.1) is 0 Å². The summed E-state index contributed by atoms with van der Waals surface area (Å²) in [6.07, 6.45) is 2.36. The second kappa shape index (κ2) is 9.12. The van der Waals surface area contributed by atoms with E-state index >= 15 is 0 Å². The summed E-state index contributed by atoms with van der Waals surface area (Å²) in [5.74, 6) is 0. The van der Waals surface area contributed by atoms with Crippen LogP contribution in [0.5, 0.6) is 0 Å². The van der Waals surface area contributed by atoms with Gasteiger partial charge in [-0.2, -0.15) is 0 Å². The second-order valence-electron chi connectivity index (χ2n) is 6.68. The number of ether oxygens (including phenoxy) is 1. The standard InChI is InChI=1S/C24H29OP/c1-3-19-26(22-14-7-5-8-15-22,23-16-9-6-10-17-23)24-18-12-11-13-21(24)20-25-4-2/h5-18,26H,3-4,19-20H2,1-2H3. The van der Waals surface area contributed by atoms with Crippen molar-refractivity contribution in [3.63, 3.8) is 0 Å². The van der Waals surface area contributed by atoms with E-state index in [4.69, 9.17) is 4.74 Å². The van der Waals surface area contributed by atoms with E-state index in [2.05, 4.69) is 98.8 Å². The van der Waals surface area contributed by atoms with Gasteiger partial charge >= 0.3 is 158 Å². The zero-order chi connectivity index (χ0) is 18.2. The van der Waals surface area contributed by atoms with Crippen molar-refractivity contribution >= 4 is 23.2 Å². The average molecular weight is 364 g/mol. The van der Waals surface area contributed by atoms with Crippen LogP contribution >= 0.6 is 7.26 Å². The van der Waals surface area contributed by atoms with Gasteiger partial charge in [-0.1, -0.05) is 0 Å². The van der Waals surface area contributed by atoms with Crippen LogP contribution in [0.15, 0.2) is 84.9 Å². The van der Waals surface area contributed by atoms with E-state index in [1.807, 2.05) is 0 Å². The summed E-state index contributed by atoms with van der Waals surface area (Å²) in [5.41, 5.74) is 1.34. The molecule has 1 nitrogen and oxygen atoms in total. The molecule has 0 fully saturated rings. The van der Waals surface area contributed by atoms with Gasteiger partial charge in [0.1, 0.15) is 0 Å². The van der Waals surface area contributed by atoms with Gasteiger partial charge in [0.05, 0.1) is 0 Å². The molecule has 0 amide bonds. The Kier molecular flexibility index (Phi) is 6.61. The first-order valence-corrected chi connectivity index (χ1v) is 11.8. The molecular weight excluding hydrogens is 335 g/mol. The van der Waals surface area contributed by atoms with E-state index in [1.165, 1.54) is 34.1 Å². The van der Waals surface area contributed by atoms with Crippen molar-refractivity contribution in [3.8, 4) is 0 Å². The average Bonchev–Trinajstić information content (AvgIpc) is 2.72. The Labute approximate surface area is 158 Å². The van der Waals surface area contributed by atoms with Crippen LogP contribution in [0.1, 0.15) is 25.8 Å². The maximum atomic E-state index is 5.83. The molecule has 0 bridgehead atoms. The Morgan fingerprint density at radius 1 is 0.692 bits per heavy atom. The fraction of sp³-hybridized carbons (Fsp3) is 0.250. The van der Waals surface area contributed by atoms with Crippen LogP contribution in [0.3, 0.4) is 0 Å². The molecule has 0 radical (unpaired) electrons. The van der Waals surface area contributed by atoms with Crippen molar-refractivity contribution in [2.45, 2.75) is 26.9 Å². The molecule has 0 aliphatic rings. The van der Waals surface area contributed by atoms with E-state index in [1.54, 1.807) is 0 Å². The molecular formula is C24H29OP. The summed E-state index contributed by atoms with van der Waals surface area (Å²) in [5, 5.41) is 4.46. The fourth-order valence-electron chi connectivity index (χ4n) is 4.00. The molecule has 2 heteroatoms. The Hall–Kier alpha value is -1.95. The topological polar surface area (TPSA) is 9.23 Å². The Morgan fingerprint density at radius 3 is 1.77 bits per heavy atom. The van der Waals surface area contributed by atoms with Gasteiger partial charge in [0.2, 0.25) is 0 Å². The normalized spacial score (nSPS) is 12.1. The van der Waals surface area contributed by atoms with Gasteiger partial charge in [-0.15, -0.1) is 0 Å². The predicted octanol–water partition coefficient (Wildman–Crippen LogP) is 4.66. The molecule has 0 aliphatic heterocycles. The summed E-state index contributed by atoms with van der Waals surface area (Å²) in [6, 6.07) is 31.2. The third-order valence-electron chi connectivity index (χ3n) is 5.10. The monoisotopic (exact) mass is 364 g/mol. The summed E-state index contributed by atoms with van der Waals surface area (Å²) in [7, 11) is -2.10. The molecule has 0 atom stereocenters. The van der Waals surface area contributed by atoms with Gasteiger partial charge in [0.25, 0.3) is 0 Å². The fourth-order valence-corrected chi connectivity index (χ4v) is 9.16. The number of hydrogen-bond acceptors (Lipinski definition) is 1. The summed E-state index contributed by atoms with van der Waals surface area (Å²) >= 11 is 0. The van der Waals surface area contributed by atoms with Crippen molar-refractivity contribution in [2.75, 3.05) is 12.8 Å². The van der Waals surface area contributed by atoms with E-state index < -0.39 is 7.26 Å². The second-order valence-corrected chi connectivity index (χ2v) is 10.7. The molecule has 136 valence electrons. The van der Waals surface area contributed by atoms with Crippen molar-refractivity contribution < 1.29 is 4.74 Å². The molecule has 0 aliphatic carbocycles. The minimum atomic E-state index is -2.10. The number of hydrogen-bond donors (Lipinski definition) is 0. The van der Waals surface area contributed by atoms with Gasteiger partial charge in [-0.3, -0.25) is 0 Å². The van der Waals surface area contributed by atoms with Crippen molar-refractivity contribution in [3.05, 3.63) is 90.5 Å². The van der Waals surface area contributed by atoms with Gasteiger partial charge in [0.15, 0.2) is 0 Å². The summed E-state index contributed by atoms with van der Waals surface area (Å²) in [4.78, 5) is 0. The molecule has 0 saturated heterocycles. The van der Waals surface area contributed by atoms with Gasteiger partial charge in [-0.05, 0) is 0 Å². The molecule has 0 heterocycles. The molecule has 26 heavy (non-hydrogen) atoms. The molecule has 0 aromatic heterocycles. The molecule has 3 rings (SSSR count). The Balaban J connectivity index is 2.28. The molecule has 0 N–H and O–H groups in total. The van der Waals surface area contributed by atoms with Crippen LogP contribution in [-0.2, 0) is 11.3 Å². The maximum absolute atomic E-state index is 5.83. The third-order valence-corrected chi connectivity index (χ3v) is 10.4. The van der Waals surface area contributed by atoms with Crippen LogP contribution in [0.2, 0.25) is 0 Å². The third kappa shape index (κ3) is 3.75. The van der Waals surface area contributed by atoms with Gasteiger partial charge in [0, 0.05) is 0 Å². The molecule has 0 saturated carbocycles. The molecule has 0 unspecified atom stereocenters. The number of rotatable bonds is 8. The molecule has 0 spiro atoms. The molecule has 3 aromatic carbocycles. The van der Waals surface area contributed by atoms with Crippen LogP contribution < -0.4 is 15.9 Å². The Morgan fingerprint density at radius 2 is 1.23 bits per heavy atom. The van der Waals surface area contributed by atoms with Gasteiger partial charge < -0.3 is 0 Å². The van der Waals surface area contributed by atoms with E-state index in [0.29, 0.717) is 6.61 Å². The zero-order valence-electron chi connectivity index (χ0n) is 15.8. The first kappa shape index (κ1) is 18.8. The first-order valence-electron chi connectivity index (χ1n) is 9.60. The first-order chi connectivity index (χ1) is 12.8. The predicted molar refractivity (Wildman–Crippen MR) is 117 cm³/mol. The van der Waals surface area contributed by atoms with Crippen molar-refractivity contribution in [2.24, 2.45) is 0 Å². The number of benzene rings is 3. The van der Waals surface area contributed by atoms with Crippen LogP contribution in [0.4, 0.5) is 0 Å². The summed E-state index contributed by atoms with van der Waals surface area (Å²) in [6.45, 7) is 5.80. The van der Waals surface area contributed by atoms with E-state index in [9.17, 15) is 0 Å². The quantitative estimate of drug-likeness (QED) is 0.528. The Bertz CT molecular complexity index is 759. The van der Waals surface area contributed by atoms with Crippen LogP contribution in [0.25, 0.3) is 0 Å². The SMILES string of the molecule is CCC[PH](c1ccccc1)(c1ccccc1)c1ccccc1COCC.